The molecule has 2 aromatic carbocycles. The zero-order chi connectivity index (χ0) is 20.9. The molecular formula is C22H26N3O3Se. The molecule has 0 unspecified atom stereocenters. The molecule has 2 amide bonds. The molecule has 0 spiro atoms. The van der Waals surface area contributed by atoms with E-state index in [0.29, 0.717) is 18.7 Å². The molecule has 0 aliphatic rings. The minimum atomic E-state index is -0.684. The fourth-order valence-electron chi connectivity index (χ4n) is 2.62. The summed E-state index contributed by atoms with van der Waals surface area (Å²) in [5.41, 5.74) is 1.57. The predicted octanol–water partition coefficient (Wildman–Crippen LogP) is 3.68. The number of alkyl carbamates (subject to hydrolysis) is 1. The van der Waals surface area contributed by atoms with E-state index in [0.717, 1.165) is 23.0 Å². The summed E-state index contributed by atoms with van der Waals surface area (Å²) in [4.78, 5) is 29.2. The van der Waals surface area contributed by atoms with Crippen LogP contribution < -0.4 is 10.6 Å². The number of unbranched alkanes of at least 4 members (excludes halogenated alkanes) is 1. The summed E-state index contributed by atoms with van der Waals surface area (Å²) in [6.07, 6.45) is 1.47. The third-order valence-corrected chi connectivity index (χ3v) is 4.37. The van der Waals surface area contributed by atoms with Crippen molar-refractivity contribution in [3.63, 3.8) is 0 Å². The Morgan fingerprint density at radius 2 is 1.69 bits per heavy atom. The van der Waals surface area contributed by atoms with Crippen LogP contribution in [0.3, 0.4) is 0 Å². The molecule has 7 heteroatoms. The quantitative estimate of drug-likeness (QED) is 0.323. The molecule has 0 heterocycles. The summed E-state index contributed by atoms with van der Waals surface area (Å²) in [7, 11) is 0. The fourth-order valence-corrected chi connectivity index (χ4v) is 2.82. The van der Waals surface area contributed by atoms with Gasteiger partial charge >= 0.3 is 143 Å². The molecule has 2 rings (SSSR count). The van der Waals surface area contributed by atoms with Gasteiger partial charge in [-0.05, 0) is 0 Å². The normalized spacial score (nSPS) is 12.1. The Morgan fingerprint density at radius 1 is 1.03 bits per heavy atom. The molecule has 2 N–H and O–H groups in total. The van der Waals surface area contributed by atoms with Crippen LogP contribution in [-0.2, 0) is 16.1 Å². The van der Waals surface area contributed by atoms with Gasteiger partial charge in [-0.25, -0.2) is 0 Å². The molecule has 0 fully saturated rings. The standard InChI is InChI=1S/C22H26N3O3Se/c1-17(29)23-15-9-8-14-20(21(26)24-19-12-6-3-7-13-19)25-22(27)28-16-18-10-4-2-5-11-18/h2-7,10-13,20H,8-9,14-16H2,1H3,(H,24,26)(H,25,27)/t20-/m0/s1. The van der Waals surface area contributed by atoms with E-state index >= 15 is 0 Å². The van der Waals surface area contributed by atoms with Crippen molar-refractivity contribution in [2.75, 3.05) is 11.9 Å². The van der Waals surface area contributed by atoms with Crippen molar-refractivity contribution < 1.29 is 14.3 Å². The van der Waals surface area contributed by atoms with Crippen LogP contribution in [0.25, 0.3) is 0 Å². The summed E-state index contributed by atoms with van der Waals surface area (Å²) >= 11 is 2.85. The zero-order valence-corrected chi connectivity index (χ0v) is 18.2. The number of carbonyl (C=O) groups is 2. The van der Waals surface area contributed by atoms with Gasteiger partial charge in [-0.15, -0.1) is 0 Å². The second-order valence-electron chi connectivity index (χ2n) is 6.51. The number of ether oxygens (including phenoxy) is 1. The van der Waals surface area contributed by atoms with Crippen molar-refractivity contribution in [2.45, 2.75) is 38.8 Å². The van der Waals surface area contributed by atoms with E-state index < -0.39 is 12.1 Å². The van der Waals surface area contributed by atoms with Gasteiger partial charge in [-0.2, -0.15) is 0 Å². The molecule has 0 aliphatic heterocycles. The molecule has 153 valence electrons. The number of benzene rings is 2. The SMILES string of the molecule is CC([Se])=NCCCC[C@H](NC(=O)OCc1ccccc1)C(=O)Nc1ccccc1. The van der Waals surface area contributed by atoms with Crippen LogP contribution in [0.5, 0.6) is 0 Å². The van der Waals surface area contributed by atoms with E-state index in [1.165, 1.54) is 0 Å². The average molecular weight is 459 g/mol. The summed E-state index contributed by atoms with van der Waals surface area (Å²) in [6, 6.07) is 17.9. The first-order chi connectivity index (χ1) is 14.0. The van der Waals surface area contributed by atoms with Gasteiger partial charge in [0.2, 0.25) is 0 Å². The number of rotatable bonds is 10. The Kier molecular flexibility index (Phi) is 9.96. The van der Waals surface area contributed by atoms with Crippen LogP contribution >= 0.6 is 0 Å². The van der Waals surface area contributed by atoms with Gasteiger partial charge in [0.05, 0.1) is 0 Å². The topological polar surface area (TPSA) is 79.8 Å². The Bertz CT molecular complexity index is 793. The van der Waals surface area contributed by atoms with Crippen LogP contribution in [0, 0.1) is 0 Å². The Balaban J connectivity index is 1.90. The molecule has 0 saturated carbocycles. The number of carbonyl (C=O) groups excluding carboxylic acids is 2. The van der Waals surface area contributed by atoms with Crippen molar-refractivity contribution in [1.29, 1.82) is 0 Å². The first-order valence-corrected chi connectivity index (χ1v) is 10.4. The Hall–Kier alpha value is -2.63. The van der Waals surface area contributed by atoms with Crippen molar-refractivity contribution in [1.82, 2.24) is 5.32 Å². The Morgan fingerprint density at radius 3 is 2.34 bits per heavy atom. The van der Waals surface area contributed by atoms with Crippen molar-refractivity contribution in [3.05, 3.63) is 66.2 Å². The number of hydrogen-bond acceptors (Lipinski definition) is 4. The van der Waals surface area contributed by atoms with Crippen LogP contribution in [0.15, 0.2) is 65.7 Å². The Labute approximate surface area is 180 Å². The predicted molar refractivity (Wildman–Crippen MR) is 116 cm³/mol. The van der Waals surface area contributed by atoms with Crippen LogP contribution in [0.2, 0.25) is 0 Å². The summed E-state index contributed by atoms with van der Waals surface area (Å²) in [6.45, 7) is 2.74. The van der Waals surface area contributed by atoms with Gasteiger partial charge in [-0.1, -0.05) is 36.4 Å². The van der Waals surface area contributed by atoms with Crippen molar-refractivity contribution >= 4 is 38.3 Å². The van der Waals surface area contributed by atoms with Gasteiger partial charge < -0.3 is 0 Å². The van der Waals surface area contributed by atoms with E-state index in [2.05, 4.69) is 31.6 Å². The molecule has 0 saturated heterocycles. The molecule has 1 atom stereocenters. The second-order valence-corrected chi connectivity index (χ2v) is 7.75. The maximum atomic E-state index is 12.7. The zero-order valence-electron chi connectivity index (χ0n) is 16.5. The fraction of sp³-hybridized carbons (Fsp3) is 0.318. The third kappa shape index (κ3) is 9.41. The van der Waals surface area contributed by atoms with Gasteiger partial charge in [0.25, 0.3) is 0 Å². The van der Waals surface area contributed by atoms with Crippen molar-refractivity contribution in [2.24, 2.45) is 4.99 Å². The molecule has 0 aromatic heterocycles. The number of hydrogen-bond donors (Lipinski definition) is 2. The summed E-state index contributed by atoms with van der Waals surface area (Å²) < 4.78 is 6.17. The maximum absolute atomic E-state index is 12.7. The molecule has 0 bridgehead atoms. The number of para-hydroxylation sites is 1. The molecule has 29 heavy (non-hydrogen) atoms. The van der Waals surface area contributed by atoms with Gasteiger partial charge in [0, 0.05) is 0 Å². The van der Waals surface area contributed by atoms with E-state index in [-0.39, 0.29) is 12.5 Å². The van der Waals surface area contributed by atoms with Gasteiger partial charge in [0.1, 0.15) is 0 Å². The minimum absolute atomic E-state index is 0.153. The third-order valence-electron chi connectivity index (χ3n) is 4.10. The number of nitrogens with one attached hydrogen (secondary N) is 2. The first kappa shape index (κ1) is 22.7. The van der Waals surface area contributed by atoms with Crippen molar-refractivity contribution in [3.8, 4) is 0 Å². The van der Waals surface area contributed by atoms with E-state index in [1.807, 2.05) is 55.5 Å². The van der Waals surface area contributed by atoms with Gasteiger partial charge in [0.15, 0.2) is 0 Å². The first-order valence-electron chi connectivity index (χ1n) is 9.56. The summed E-state index contributed by atoms with van der Waals surface area (Å²) in [5.74, 6) is -0.267. The molecule has 1 radical (unpaired) electrons. The molecule has 6 nitrogen and oxygen atoms in total. The number of amides is 2. The van der Waals surface area contributed by atoms with Crippen LogP contribution in [0.1, 0.15) is 31.7 Å². The van der Waals surface area contributed by atoms with E-state index in [9.17, 15) is 9.59 Å². The number of nitrogens with zero attached hydrogens (tertiary/aromatic N) is 1. The number of anilines is 1. The van der Waals surface area contributed by atoms with Gasteiger partial charge in [-0.3, -0.25) is 0 Å². The van der Waals surface area contributed by atoms with E-state index in [1.54, 1.807) is 12.1 Å². The number of aliphatic imine (C=N–C) groups is 1. The molecule has 2 aromatic rings. The average Bonchev–Trinajstić information content (AvgIpc) is 2.72. The molecule has 0 aliphatic carbocycles. The second kappa shape index (κ2) is 12.8. The van der Waals surface area contributed by atoms with Crippen LogP contribution in [-0.4, -0.2) is 45.2 Å². The molecular weight excluding hydrogens is 433 g/mol. The monoisotopic (exact) mass is 460 g/mol. The van der Waals surface area contributed by atoms with E-state index in [4.69, 9.17) is 4.74 Å². The summed E-state index contributed by atoms with van der Waals surface area (Å²) in [5, 5.41) is 5.53. The van der Waals surface area contributed by atoms with Crippen LogP contribution in [0.4, 0.5) is 10.5 Å².